The Kier molecular flexibility index (Phi) is 4.60. The summed E-state index contributed by atoms with van der Waals surface area (Å²) in [5.41, 5.74) is 3.11. The summed E-state index contributed by atoms with van der Waals surface area (Å²) in [5.74, 6) is 0.515. The molecule has 1 aliphatic heterocycles. The maximum Gasteiger partial charge on any atom is 0.107 e. The van der Waals surface area contributed by atoms with E-state index in [4.69, 9.17) is 4.98 Å². The fourth-order valence-corrected chi connectivity index (χ4v) is 4.33. The summed E-state index contributed by atoms with van der Waals surface area (Å²) in [6.07, 6.45) is 17.0. The van der Waals surface area contributed by atoms with Crippen LogP contribution in [-0.2, 0) is 7.05 Å². The smallest absolute Gasteiger partial charge is 0.107 e. The van der Waals surface area contributed by atoms with Crippen molar-refractivity contribution in [3.8, 4) is 11.4 Å². The van der Waals surface area contributed by atoms with Crippen LogP contribution < -0.4 is 0 Å². The minimum absolute atomic E-state index is 0.515. The largest absolute Gasteiger partial charge is 0.332 e. The van der Waals surface area contributed by atoms with E-state index in [1.165, 1.54) is 51.5 Å². The van der Waals surface area contributed by atoms with E-state index in [2.05, 4.69) is 14.9 Å². The van der Waals surface area contributed by atoms with Gasteiger partial charge in [0.25, 0.3) is 0 Å². The number of imidazole rings is 1. The minimum Gasteiger partial charge on any atom is -0.332 e. The van der Waals surface area contributed by atoms with E-state index in [9.17, 15) is 0 Å². The van der Waals surface area contributed by atoms with E-state index >= 15 is 0 Å². The molecule has 0 aromatic carbocycles. The molecular formula is C19H27N5. The predicted octanol–water partition coefficient (Wildman–Crippen LogP) is 3.39. The molecular weight excluding hydrogens is 298 g/mol. The average Bonchev–Trinajstić information content (AvgIpc) is 3.09. The van der Waals surface area contributed by atoms with E-state index in [-0.39, 0.29) is 0 Å². The van der Waals surface area contributed by atoms with Crippen molar-refractivity contribution in [2.45, 2.75) is 56.9 Å². The molecule has 2 aromatic rings. The third kappa shape index (κ3) is 3.22. The van der Waals surface area contributed by atoms with Gasteiger partial charge in [0.05, 0.1) is 30.1 Å². The van der Waals surface area contributed by atoms with Crippen LogP contribution in [0.4, 0.5) is 0 Å². The average molecular weight is 325 g/mol. The Morgan fingerprint density at radius 1 is 0.958 bits per heavy atom. The third-order valence-corrected chi connectivity index (χ3v) is 5.69. The summed E-state index contributed by atoms with van der Waals surface area (Å²) >= 11 is 0. The lowest BCUT2D eigenvalue weighted by molar-refractivity contribution is 0.118. The van der Waals surface area contributed by atoms with E-state index in [0.717, 1.165) is 29.7 Å². The Labute approximate surface area is 144 Å². The Morgan fingerprint density at radius 3 is 2.62 bits per heavy atom. The maximum absolute atomic E-state index is 4.93. The Hall–Kier alpha value is -1.75. The predicted molar refractivity (Wildman–Crippen MR) is 94.7 cm³/mol. The van der Waals surface area contributed by atoms with E-state index < -0.39 is 0 Å². The number of aryl methyl sites for hydroxylation is 1. The number of nitrogens with zero attached hydrogens (tertiary/aromatic N) is 5. The van der Waals surface area contributed by atoms with Crippen LogP contribution in [0.15, 0.2) is 24.9 Å². The second-order valence-corrected chi connectivity index (χ2v) is 7.34. The van der Waals surface area contributed by atoms with Gasteiger partial charge in [-0.2, -0.15) is 0 Å². The molecule has 1 saturated carbocycles. The summed E-state index contributed by atoms with van der Waals surface area (Å²) in [4.78, 5) is 16.3. The molecule has 4 rings (SSSR count). The highest BCUT2D eigenvalue weighted by Gasteiger charge is 2.28. The van der Waals surface area contributed by atoms with Crippen molar-refractivity contribution in [2.75, 3.05) is 13.1 Å². The molecule has 1 atom stereocenters. The number of piperidine rings is 1. The van der Waals surface area contributed by atoms with Gasteiger partial charge in [0.2, 0.25) is 0 Å². The van der Waals surface area contributed by atoms with Gasteiger partial charge in [-0.15, -0.1) is 0 Å². The fourth-order valence-electron chi connectivity index (χ4n) is 4.33. The zero-order valence-corrected chi connectivity index (χ0v) is 14.6. The summed E-state index contributed by atoms with van der Waals surface area (Å²) in [5, 5.41) is 0. The van der Waals surface area contributed by atoms with Crippen LogP contribution in [0.2, 0.25) is 0 Å². The summed E-state index contributed by atoms with van der Waals surface area (Å²) in [6.45, 7) is 2.41. The first-order valence-corrected chi connectivity index (χ1v) is 9.34. The van der Waals surface area contributed by atoms with Gasteiger partial charge in [-0.1, -0.05) is 19.3 Å². The van der Waals surface area contributed by atoms with Gasteiger partial charge >= 0.3 is 0 Å². The highest BCUT2D eigenvalue weighted by atomic mass is 15.2. The van der Waals surface area contributed by atoms with Crippen molar-refractivity contribution in [2.24, 2.45) is 7.05 Å². The van der Waals surface area contributed by atoms with E-state index in [1.807, 2.05) is 36.5 Å². The molecule has 24 heavy (non-hydrogen) atoms. The minimum atomic E-state index is 0.515. The number of hydrogen-bond donors (Lipinski definition) is 0. The quantitative estimate of drug-likeness (QED) is 0.868. The molecule has 0 bridgehead atoms. The van der Waals surface area contributed by atoms with Gasteiger partial charge in [0, 0.05) is 31.7 Å². The molecule has 2 aromatic heterocycles. The Bertz CT molecular complexity index is 674. The highest BCUT2D eigenvalue weighted by molar-refractivity contribution is 5.52. The normalized spacial score (nSPS) is 23.5. The van der Waals surface area contributed by atoms with Crippen molar-refractivity contribution in [1.29, 1.82) is 0 Å². The second kappa shape index (κ2) is 7.01. The molecule has 5 nitrogen and oxygen atoms in total. The molecule has 1 aliphatic carbocycles. The van der Waals surface area contributed by atoms with Crippen LogP contribution >= 0.6 is 0 Å². The Morgan fingerprint density at radius 2 is 1.83 bits per heavy atom. The molecule has 128 valence electrons. The summed E-state index contributed by atoms with van der Waals surface area (Å²) in [7, 11) is 2.00. The molecule has 2 fully saturated rings. The first-order valence-electron chi connectivity index (χ1n) is 9.34. The zero-order valence-electron chi connectivity index (χ0n) is 14.6. The van der Waals surface area contributed by atoms with Crippen molar-refractivity contribution < 1.29 is 0 Å². The molecule has 1 unspecified atom stereocenters. The van der Waals surface area contributed by atoms with Gasteiger partial charge in [0.15, 0.2) is 0 Å². The molecule has 2 aliphatic rings. The molecule has 0 N–H and O–H groups in total. The maximum atomic E-state index is 4.93. The van der Waals surface area contributed by atoms with Crippen LogP contribution in [0, 0.1) is 0 Å². The topological polar surface area (TPSA) is 46.8 Å². The van der Waals surface area contributed by atoms with Crippen molar-refractivity contribution in [3.05, 3.63) is 30.6 Å². The monoisotopic (exact) mass is 325 g/mol. The molecule has 3 heterocycles. The molecule has 0 spiro atoms. The van der Waals surface area contributed by atoms with Crippen LogP contribution in [0.3, 0.4) is 0 Å². The molecule has 1 saturated heterocycles. The molecule has 0 amide bonds. The van der Waals surface area contributed by atoms with Crippen LogP contribution in [0.25, 0.3) is 11.4 Å². The summed E-state index contributed by atoms with van der Waals surface area (Å²) < 4.78 is 2.00. The lowest BCUT2D eigenvalue weighted by Crippen LogP contribution is -2.43. The third-order valence-electron chi connectivity index (χ3n) is 5.69. The van der Waals surface area contributed by atoms with Crippen molar-refractivity contribution in [1.82, 2.24) is 24.4 Å². The van der Waals surface area contributed by atoms with Crippen LogP contribution in [-0.4, -0.2) is 43.6 Å². The molecule has 5 heteroatoms. The Balaban J connectivity index is 1.52. The van der Waals surface area contributed by atoms with E-state index in [0.29, 0.717) is 5.92 Å². The van der Waals surface area contributed by atoms with Crippen molar-refractivity contribution >= 4 is 0 Å². The lowest BCUT2D eigenvalue weighted by atomic mass is 9.89. The fraction of sp³-hybridized carbons (Fsp3) is 0.632. The van der Waals surface area contributed by atoms with Gasteiger partial charge < -0.3 is 4.57 Å². The number of hydrogen-bond acceptors (Lipinski definition) is 4. The number of likely N-dealkylation sites (tertiary alicyclic amines) is 1. The van der Waals surface area contributed by atoms with Crippen LogP contribution in [0.1, 0.15) is 56.6 Å². The number of aromatic nitrogens is 4. The summed E-state index contributed by atoms with van der Waals surface area (Å²) in [6, 6.07) is 0.801. The first-order chi connectivity index (χ1) is 11.8. The van der Waals surface area contributed by atoms with Gasteiger partial charge in [-0.05, 0) is 32.2 Å². The SMILES string of the molecule is Cn1cncc1-c1cncc(C2CCCN(C3CCCCC3)C2)n1. The number of rotatable bonds is 3. The van der Waals surface area contributed by atoms with Gasteiger partial charge in [-0.3, -0.25) is 9.88 Å². The van der Waals surface area contributed by atoms with Gasteiger partial charge in [-0.25, -0.2) is 9.97 Å². The lowest BCUT2D eigenvalue weighted by Gasteiger charge is -2.39. The molecule has 0 radical (unpaired) electrons. The van der Waals surface area contributed by atoms with E-state index in [1.54, 1.807) is 0 Å². The van der Waals surface area contributed by atoms with Crippen LogP contribution in [0.5, 0.6) is 0 Å². The van der Waals surface area contributed by atoms with Gasteiger partial charge in [0.1, 0.15) is 5.69 Å². The second-order valence-electron chi connectivity index (χ2n) is 7.34. The van der Waals surface area contributed by atoms with Crippen molar-refractivity contribution in [3.63, 3.8) is 0 Å². The highest BCUT2D eigenvalue weighted by Crippen LogP contribution is 2.31. The standard InChI is InChI=1S/C19H27N5/c1-23-14-21-12-19(23)18-11-20-10-17(22-18)15-6-5-9-24(13-15)16-7-3-2-4-8-16/h10-12,14-16H,2-9,13H2,1H3. The first kappa shape index (κ1) is 15.8. The zero-order chi connectivity index (χ0) is 16.4.